The van der Waals surface area contributed by atoms with Gasteiger partial charge in [-0.05, 0) is 30.7 Å². The van der Waals surface area contributed by atoms with E-state index in [9.17, 15) is 4.39 Å². The molecule has 0 saturated heterocycles. The first-order chi connectivity index (χ1) is 10.1. The van der Waals surface area contributed by atoms with Gasteiger partial charge >= 0.3 is 0 Å². The van der Waals surface area contributed by atoms with Crippen molar-refractivity contribution in [2.24, 2.45) is 0 Å². The maximum Gasteiger partial charge on any atom is 0.258 e. The van der Waals surface area contributed by atoms with Crippen LogP contribution < -0.4 is 11.1 Å². The van der Waals surface area contributed by atoms with Crippen LogP contribution in [0.5, 0.6) is 0 Å². The van der Waals surface area contributed by atoms with Crippen LogP contribution in [-0.2, 0) is 0 Å². The first-order valence-electron chi connectivity index (χ1n) is 6.01. The van der Waals surface area contributed by atoms with Crippen LogP contribution >= 0.6 is 0 Å². The van der Waals surface area contributed by atoms with Gasteiger partial charge in [0.2, 0.25) is 11.9 Å². The molecule has 0 amide bonds. The maximum atomic E-state index is 13.1. The molecule has 21 heavy (non-hydrogen) atoms. The Morgan fingerprint density at radius 1 is 1.24 bits per heavy atom. The third-order valence-corrected chi connectivity index (χ3v) is 2.70. The van der Waals surface area contributed by atoms with E-state index in [1.54, 1.807) is 13.0 Å². The summed E-state index contributed by atoms with van der Waals surface area (Å²) in [5, 5.41) is 6.90. The molecule has 2 heterocycles. The van der Waals surface area contributed by atoms with E-state index in [0.29, 0.717) is 5.69 Å². The Morgan fingerprint density at radius 3 is 2.81 bits per heavy atom. The highest BCUT2D eigenvalue weighted by Crippen LogP contribution is 2.19. The van der Waals surface area contributed by atoms with Crippen LogP contribution in [0.25, 0.3) is 5.95 Å². The van der Waals surface area contributed by atoms with Gasteiger partial charge in [-0.15, -0.1) is 0 Å². The topological polar surface area (TPSA) is 107 Å². The van der Waals surface area contributed by atoms with Crippen molar-refractivity contribution in [2.75, 3.05) is 11.1 Å². The summed E-state index contributed by atoms with van der Waals surface area (Å²) in [7, 11) is 0. The highest BCUT2D eigenvalue weighted by Gasteiger charge is 2.08. The number of hydrogen-bond acceptors (Lipinski definition) is 7. The number of nitrogen functional groups attached to an aromatic ring is 1. The Hall–Kier alpha value is -3.10. The molecule has 2 aromatic heterocycles. The number of nitrogens with two attached hydrogens (primary N) is 1. The van der Waals surface area contributed by atoms with Gasteiger partial charge in [-0.2, -0.15) is 24.7 Å². The fourth-order valence-electron chi connectivity index (χ4n) is 1.74. The van der Waals surface area contributed by atoms with Gasteiger partial charge in [-0.25, -0.2) is 9.37 Å². The molecule has 0 bridgehead atoms. The van der Waals surface area contributed by atoms with Crippen molar-refractivity contribution in [3.8, 4) is 5.95 Å². The average Bonchev–Trinajstić information content (AvgIpc) is 2.95. The first-order valence-corrected chi connectivity index (χ1v) is 6.01. The summed E-state index contributed by atoms with van der Waals surface area (Å²) >= 11 is 0. The van der Waals surface area contributed by atoms with Gasteiger partial charge in [0, 0.05) is 5.69 Å². The van der Waals surface area contributed by atoms with Gasteiger partial charge in [0.25, 0.3) is 5.95 Å². The molecule has 0 atom stereocenters. The molecule has 0 aliphatic carbocycles. The molecule has 0 radical (unpaired) electrons. The fourth-order valence-corrected chi connectivity index (χ4v) is 1.74. The third-order valence-electron chi connectivity index (χ3n) is 2.70. The van der Waals surface area contributed by atoms with Crippen molar-refractivity contribution in [1.82, 2.24) is 29.7 Å². The zero-order valence-electron chi connectivity index (χ0n) is 11.0. The van der Waals surface area contributed by atoms with Crippen LogP contribution in [0.4, 0.5) is 22.0 Å². The lowest BCUT2D eigenvalue weighted by Crippen LogP contribution is -2.09. The highest BCUT2D eigenvalue weighted by molar-refractivity contribution is 5.58. The largest absolute Gasteiger partial charge is 0.368 e. The van der Waals surface area contributed by atoms with E-state index in [-0.39, 0.29) is 23.7 Å². The summed E-state index contributed by atoms with van der Waals surface area (Å²) < 4.78 is 14.5. The molecule has 3 rings (SSSR count). The molecule has 3 N–H and O–H groups in total. The maximum absolute atomic E-state index is 13.1. The Bertz CT molecular complexity index is 771. The minimum absolute atomic E-state index is 0.0396. The molecule has 0 aliphatic rings. The van der Waals surface area contributed by atoms with E-state index < -0.39 is 0 Å². The van der Waals surface area contributed by atoms with Gasteiger partial charge in [-0.1, -0.05) is 0 Å². The van der Waals surface area contributed by atoms with Gasteiger partial charge < -0.3 is 11.1 Å². The van der Waals surface area contributed by atoms with E-state index in [1.165, 1.54) is 29.5 Å². The predicted octanol–water partition coefficient (Wildman–Crippen LogP) is 1.23. The summed E-state index contributed by atoms with van der Waals surface area (Å²) in [6.45, 7) is 1.77. The summed E-state index contributed by atoms with van der Waals surface area (Å²) in [4.78, 5) is 16.0. The smallest absolute Gasteiger partial charge is 0.258 e. The molecule has 0 fully saturated rings. The number of aryl methyl sites for hydroxylation is 1. The lowest BCUT2D eigenvalue weighted by Gasteiger charge is -2.09. The lowest BCUT2D eigenvalue weighted by atomic mass is 10.2. The Labute approximate surface area is 118 Å². The minimum Gasteiger partial charge on any atom is -0.368 e. The van der Waals surface area contributed by atoms with Gasteiger partial charge in [0.05, 0.1) is 0 Å². The van der Waals surface area contributed by atoms with Gasteiger partial charge in [0.1, 0.15) is 18.5 Å². The zero-order valence-corrected chi connectivity index (χ0v) is 11.0. The normalized spacial score (nSPS) is 10.6. The van der Waals surface area contributed by atoms with Crippen molar-refractivity contribution in [2.45, 2.75) is 6.92 Å². The van der Waals surface area contributed by atoms with E-state index in [0.717, 1.165) is 5.56 Å². The van der Waals surface area contributed by atoms with Crippen LogP contribution in [-0.4, -0.2) is 29.7 Å². The lowest BCUT2D eigenvalue weighted by molar-refractivity contribution is 0.627. The van der Waals surface area contributed by atoms with Crippen molar-refractivity contribution >= 4 is 17.6 Å². The summed E-state index contributed by atoms with van der Waals surface area (Å²) in [5.74, 6) is 0.208. The number of rotatable bonds is 3. The quantitative estimate of drug-likeness (QED) is 0.745. The monoisotopic (exact) mass is 286 g/mol. The van der Waals surface area contributed by atoms with Crippen LogP contribution in [0.1, 0.15) is 5.56 Å². The van der Waals surface area contributed by atoms with E-state index >= 15 is 0 Å². The third kappa shape index (κ3) is 2.76. The molecular formula is C12H11FN8. The Kier molecular flexibility index (Phi) is 3.14. The zero-order chi connectivity index (χ0) is 14.8. The van der Waals surface area contributed by atoms with Crippen LogP contribution in [0.15, 0.2) is 30.9 Å². The summed E-state index contributed by atoms with van der Waals surface area (Å²) in [5.41, 5.74) is 7.05. The van der Waals surface area contributed by atoms with Crippen LogP contribution in [0.2, 0.25) is 0 Å². The number of benzene rings is 1. The van der Waals surface area contributed by atoms with E-state index in [1.807, 2.05) is 0 Å². The van der Waals surface area contributed by atoms with Gasteiger partial charge in [0.15, 0.2) is 0 Å². The van der Waals surface area contributed by atoms with E-state index in [4.69, 9.17) is 5.73 Å². The molecule has 0 saturated carbocycles. The molecular weight excluding hydrogens is 275 g/mol. The Morgan fingerprint density at radius 2 is 2.10 bits per heavy atom. The second-order valence-corrected chi connectivity index (χ2v) is 4.24. The fraction of sp³-hybridized carbons (Fsp3) is 0.0833. The number of hydrogen-bond donors (Lipinski definition) is 2. The van der Waals surface area contributed by atoms with Crippen molar-refractivity contribution < 1.29 is 4.39 Å². The number of halogens is 1. The Balaban J connectivity index is 1.95. The highest BCUT2D eigenvalue weighted by atomic mass is 19.1. The molecule has 0 spiro atoms. The summed E-state index contributed by atoms with van der Waals surface area (Å²) in [6, 6.07) is 4.35. The average molecular weight is 286 g/mol. The number of nitrogens with zero attached hydrogens (tertiary/aromatic N) is 6. The molecule has 3 aromatic rings. The molecule has 9 heteroatoms. The van der Waals surface area contributed by atoms with E-state index in [2.05, 4.69) is 30.4 Å². The predicted molar refractivity (Wildman–Crippen MR) is 73.6 cm³/mol. The van der Waals surface area contributed by atoms with Crippen molar-refractivity contribution in [1.29, 1.82) is 0 Å². The molecule has 1 aromatic carbocycles. The number of nitrogens with one attached hydrogen (secondary N) is 1. The summed E-state index contributed by atoms with van der Waals surface area (Å²) in [6.07, 6.45) is 2.80. The first kappa shape index (κ1) is 12.9. The molecule has 0 aliphatic heterocycles. The second-order valence-electron chi connectivity index (χ2n) is 4.24. The molecule has 8 nitrogen and oxygen atoms in total. The van der Waals surface area contributed by atoms with Crippen LogP contribution in [0, 0.1) is 12.7 Å². The number of aromatic nitrogens is 6. The SMILES string of the molecule is Cc1cc(F)ccc1Nc1nc(N)nc(-n2cncn2)n1. The van der Waals surface area contributed by atoms with Crippen LogP contribution in [0.3, 0.4) is 0 Å². The standard InChI is InChI=1S/C12H11FN8/c1-7-4-8(13)2-3-9(7)17-11-18-10(14)19-12(20-11)21-6-15-5-16-21/h2-6H,1H3,(H3,14,17,18,19,20). The van der Waals surface area contributed by atoms with Gasteiger partial charge in [-0.3, -0.25) is 0 Å². The molecule has 106 valence electrons. The van der Waals surface area contributed by atoms with Crippen molar-refractivity contribution in [3.05, 3.63) is 42.2 Å². The minimum atomic E-state index is -0.309. The van der Waals surface area contributed by atoms with Crippen molar-refractivity contribution in [3.63, 3.8) is 0 Å². The number of anilines is 3. The second kappa shape index (κ2) is 5.12. The molecule has 0 unspecified atom stereocenters.